The molecule has 2 heterocycles. The summed E-state index contributed by atoms with van der Waals surface area (Å²) in [7, 11) is 2.13. The summed E-state index contributed by atoms with van der Waals surface area (Å²) < 4.78 is 0. The minimum atomic E-state index is -0.141. The van der Waals surface area contributed by atoms with Crippen LogP contribution in [0.2, 0.25) is 0 Å². The van der Waals surface area contributed by atoms with Crippen LogP contribution in [0.4, 0.5) is 5.82 Å². The van der Waals surface area contributed by atoms with E-state index in [0.29, 0.717) is 24.0 Å². The molecule has 0 radical (unpaired) electrons. The van der Waals surface area contributed by atoms with E-state index in [9.17, 15) is 4.79 Å². The van der Waals surface area contributed by atoms with Crippen LogP contribution in [0, 0.1) is 5.92 Å². The average Bonchev–Trinajstić information content (AvgIpc) is 2.51. The average molecular weight is 291 g/mol. The maximum absolute atomic E-state index is 12.0. The van der Waals surface area contributed by atoms with E-state index in [1.165, 1.54) is 19.0 Å². The van der Waals surface area contributed by atoms with E-state index in [1.807, 2.05) is 0 Å². The van der Waals surface area contributed by atoms with Gasteiger partial charge in [0.25, 0.3) is 5.91 Å². The second-order valence-electron chi connectivity index (χ2n) is 5.69. The van der Waals surface area contributed by atoms with Crippen LogP contribution in [0.3, 0.4) is 0 Å². The maximum atomic E-state index is 12.0. The third kappa shape index (κ3) is 4.97. The number of carbonyl (C=O) groups excluding carboxylic acids is 1. The highest BCUT2D eigenvalue weighted by atomic mass is 16.1. The van der Waals surface area contributed by atoms with Crippen LogP contribution < -0.4 is 10.6 Å². The van der Waals surface area contributed by atoms with Crippen molar-refractivity contribution in [3.63, 3.8) is 0 Å². The first-order chi connectivity index (χ1) is 10.2. The van der Waals surface area contributed by atoms with E-state index in [-0.39, 0.29) is 5.91 Å². The van der Waals surface area contributed by atoms with Crippen LogP contribution in [0.15, 0.2) is 12.4 Å². The van der Waals surface area contributed by atoms with Crippen molar-refractivity contribution in [2.45, 2.75) is 26.2 Å². The molecule has 1 fully saturated rings. The van der Waals surface area contributed by atoms with Gasteiger partial charge in [0.05, 0.1) is 12.4 Å². The van der Waals surface area contributed by atoms with Crippen molar-refractivity contribution < 1.29 is 4.79 Å². The Morgan fingerprint density at radius 2 is 2.29 bits per heavy atom. The zero-order valence-corrected chi connectivity index (χ0v) is 12.9. The predicted octanol–water partition coefficient (Wildman–Crippen LogP) is 1.37. The van der Waals surface area contributed by atoms with Crippen LogP contribution in [-0.4, -0.2) is 54.0 Å². The van der Waals surface area contributed by atoms with Gasteiger partial charge in [-0.25, -0.2) is 9.97 Å². The van der Waals surface area contributed by atoms with Crippen molar-refractivity contribution >= 4 is 11.7 Å². The summed E-state index contributed by atoms with van der Waals surface area (Å²) in [6.07, 6.45) is 6.55. The molecule has 1 atom stereocenters. The monoisotopic (exact) mass is 291 g/mol. The van der Waals surface area contributed by atoms with Crippen molar-refractivity contribution in [3.05, 3.63) is 18.1 Å². The summed E-state index contributed by atoms with van der Waals surface area (Å²) in [5, 5.41) is 6.10. The Balaban J connectivity index is 1.79. The summed E-state index contributed by atoms with van der Waals surface area (Å²) >= 11 is 0. The molecule has 1 saturated heterocycles. The molecule has 116 valence electrons. The molecular weight excluding hydrogens is 266 g/mol. The molecule has 21 heavy (non-hydrogen) atoms. The normalized spacial score (nSPS) is 19.2. The summed E-state index contributed by atoms with van der Waals surface area (Å²) in [5.41, 5.74) is 0.376. The van der Waals surface area contributed by atoms with Crippen LogP contribution >= 0.6 is 0 Å². The van der Waals surface area contributed by atoms with E-state index in [0.717, 1.165) is 26.1 Å². The molecule has 0 aromatic carbocycles. The molecule has 0 aliphatic carbocycles. The quantitative estimate of drug-likeness (QED) is 0.828. The Bertz CT molecular complexity index is 448. The van der Waals surface area contributed by atoms with Gasteiger partial charge in [0, 0.05) is 19.6 Å². The number of anilines is 1. The van der Waals surface area contributed by atoms with Crippen LogP contribution in [-0.2, 0) is 0 Å². The molecule has 6 heteroatoms. The highest BCUT2D eigenvalue weighted by Gasteiger charge is 2.18. The number of aromatic nitrogens is 2. The molecular formula is C15H25N5O. The highest BCUT2D eigenvalue weighted by molar-refractivity contribution is 5.91. The minimum absolute atomic E-state index is 0.141. The molecule has 2 rings (SSSR count). The Kier molecular flexibility index (Phi) is 5.92. The SMILES string of the molecule is CCCNc1cnc(C(=O)NCC2CCCN(C)C2)cn1. The van der Waals surface area contributed by atoms with Gasteiger partial charge < -0.3 is 15.5 Å². The first-order valence-corrected chi connectivity index (χ1v) is 7.71. The van der Waals surface area contributed by atoms with Crippen LogP contribution in [0.25, 0.3) is 0 Å². The number of hydrogen-bond acceptors (Lipinski definition) is 5. The van der Waals surface area contributed by atoms with E-state index in [4.69, 9.17) is 0 Å². The van der Waals surface area contributed by atoms with Crippen molar-refractivity contribution in [2.24, 2.45) is 5.92 Å². The lowest BCUT2D eigenvalue weighted by atomic mass is 9.98. The lowest BCUT2D eigenvalue weighted by molar-refractivity contribution is 0.0931. The molecule has 2 N–H and O–H groups in total. The Hall–Kier alpha value is -1.69. The van der Waals surface area contributed by atoms with E-state index in [1.54, 1.807) is 6.20 Å². The number of rotatable bonds is 6. The van der Waals surface area contributed by atoms with Crippen LogP contribution in [0.5, 0.6) is 0 Å². The molecule has 1 unspecified atom stereocenters. The summed E-state index contributed by atoms with van der Waals surface area (Å²) in [6, 6.07) is 0. The van der Waals surface area contributed by atoms with Crippen molar-refractivity contribution in [3.8, 4) is 0 Å². The number of piperidine rings is 1. The van der Waals surface area contributed by atoms with Gasteiger partial charge in [0.15, 0.2) is 0 Å². The fraction of sp³-hybridized carbons (Fsp3) is 0.667. The maximum Gasteiger partial charge on any atom is 0.271 e. The lowest BCUT2D eigenvalue weighted by Gasteiger charge is -2.29. The van der Waals surface area contributed by atoms with E-state index < -0.39 is 0 Å². The van der Waals surface area contributed by atoms with Crippen molar-refractivity contribution in [1.82, 2.24) is 20.2 Å². The Morgan fingerprint density at radius 1 is 1.43 bits per heavy atom. The largest absolute Gasteiger partial charge is 0.369 e. The predicted molar refractivity (Wildman–Crippen MR) is 83.4 cm³/mol. The van der Waals surface area contributed by atoms with Gasteiger partial charge in [0.2, 0.25) is 0 Å². The van der Waals surface area contributed by atoms with E-state index >= 15 is 0 Å². The third-order valence-corrected chi connectivity index (χ3v) is 3.71. The van der Waals surface area contributed by atoms with E-state index in [2.05, 4.69) is 39.5 Å². The fourth-order valence-corrected chi connectivity index (χ4v) is 2.56. The molecule has 1 aromatic rings. The molecule has 1 aliphatic rings. The smallest absolute Gasteiger partial charge is 0.271 e. The first-order valence-electron chi connectivity index (χ1n) is 7.71. The number of likely N-dealkylation sites (tertiary alicyclic amines) is 1. The molecule has 0 saturated carbocycles. The summed E-state index contributed by atoms with van der Waals surface area (Å²) in [5.74, 6) is 1.10. The summed E-state index contributed by atoms with van der Waals surface area (Å²) in [6.45, 7) is 5.86. The first kappa shape index (κ1) is 15.7. The van der Waals surface area contributed by atoms with Gasteiger partial charge in [-0.2, -0.15) is 0 Å². The summed E-state index contributed by atoms with van der Waals surface area (Å²) in [4.78, 5) is 22.7. The second kappa shape index (κ2) is 7.93. The van der Waals surface area contributed by atoms with Gasteiger partial charge in [-0.1, -0.05) is 6.92 Å². The van der Waals surface area contributed by atoms with Crippen LogP contribution in [0.1, 0.15) is 36.7 Å². The Labute approximate surface area is 126 Å². The van der Waals surface area contributed by atoms with Crippen molar-refractivity contribution in [1.29, 1.82) is 0 Å². The van der Waals surface area contributed by atoms with Gasteiger partial charge in [-0.3, -0.25) is 4.79 Å². The zero-order chi connectivity index (χ0) is 15.1. The standard InChI is InChI=1S/C15H25N5O/c1-3-6-16-14-10-17-13(9-18-14)15(21)19-8-12-5-4-7-20(2)11-12/h9-10,12H,3-8,11H2,1-2H3,(H,16,18)(H,19,21). The third-order valence-electron chi connectivity index (χ3n) is 3.71. The lowest BCUT2D eigenvalue weighted by Crippen LogP contribution is -2.39. The Morgan fingerprint density at radius 3 is 2.95 bits per heavy atom. The van der Waals surface area contributed by atoms with Crippen molar-refractivity contribution in [2.75, 3.05) is 38.5 Å². The number of nitrogens with zero attached hydrogens (tertiary/aromatic N) is 3. The number of hydrogen-bond donors (Lipinski definition) is 2. The molecule has 1 aromatic heterocycles. The second-order valence-corrected chi connectivity index (χ2v) is 5.69. The number of carbonyl (C=O) groups is 1. The van der Waals surface area contributed by atoms with Gasteiger partial charge in [-0.05, 0) is 38.8 Å². The zero-order valence-electron chi connectivity index (χ0n) is 12.9. The van der Waals surface area contributed by atoms with Gasteiger partial charge in [0.1, 0.15) is 11.5 Å². The van der Waals surface area contributed by atoms with Gasteiger partial charge in [-0.15, -0.1) is 0 Å². The highest BCUT2D eigenvalue weighted by Crippen LogP contribution is 2.14. The molecule has 6 nitrogen and oxygen atoms in total. The molecule has 1 aliphatic heterocycles. The molecule has 1 amide bonds. The number of amides is 1. The minimum Gasteiger partial charge on any atom is -0.369 e. The fourth-order valence-electron chi connectivity index (χ4n) is 2.56. The topological polar surface area (TPSA) is 70.2 Å². The molecule has 0 spiro atoms. The van der Waals surface area contributed by atoms with Gasteiger partial charge >= 0.3 is 0 Å². The molecule has 0 bridgehead atoms. The number of nitrogens with one attached hydrogen (secondary N) is 2.